The van der Waals surface area contributed by atoms with E-state index in [2.05, 4.69) is 9.55 Å². The van der Waals surface area contributed by atoms with Gasteiger partial charge in [-0.15, -0.1) is 0 Å². The van der Waals surface area contributed by atoms with E-state index >= 15 is 0 Å². The lowest BCUT2D eigenvalue weighted by molar-refractivity contribution is -0.00571. The summed E-state index contributed by atoms with van der Waals surface area (Å²) in [4.78, 5) is 44.2. The number of rotatable bonds is 5. The second-order valence-corrected chi connectivity index (χ2v) is 11.8. The molecule has 9 nitrogen and oxygen atoms in total. The van der Waals surface area contributed by atoms with Crippen molar-refractivity contribution in [2.75, 3.05) is 20.2 Å². The molecule has 1 saturated carbocycles. The van der Waals surface area contributed by atoms with E-state index in [-0.39, 0.29) is 23.7 Å². The van der Waals surface area contributed by atoms with E-state index in [0.29, 0.717) is 70.7 Å². The van der Waals surface area contributed by atoms with E-state index in [1.165, 1.54) is 12.3 Å². The minimum atomic E-state index is -1.06. The van der Waals surface area contributed by atoms with E-state index in [9.17, 15) is 19.5 Å². The average Bonchev–Trinajstić information content (AvgIpc) is 3.79. The highest BCUT2D eigenvalue weighted by Crippen LogP contribution is 2.44. The fraction of sp³-hybridized carbons (Fsp3) is 0.312. The number of aromatic carboxylic acids is 1. The van der Waals surface area contributed by atoms with Crippen LogP contribution in [0.25, 0.3) is 22.0 Å². The van der Waals surface area contributed by atoms with Gasteiger partial charge in [-0.3, -0.25) is 14.6 Å². The predicted octanol–water partition coefficient (Wildman–Crippen LogP) is 6.04. The Kier molecular flexibility index (Phi) is 6.23. The summed E-state index contributed by atoms with van der Waals surface area (Å²) < 4.78 is 14.2. The number of benzene rings is 2. The summed E-state index contributed by atoms with van der Waals surface area (Å²) in [5, 5.41) is 10.7. The molecule has 3 aliphatic rings. The Balaban J connectivity index is 1.09. The summed E-state index contributed by atoms with van der Waals surface area (Å²) in [6.45, 7) is 0.913. The highest BCUT2D eigenvalue weighted by Gasteiger charge is 2.44. The molecular weight excluding hydrogens is 558 g/mol. The molecule has 2 aromatic heterocycles. The van der Waals surface area contributed by atoms with Gasteiger partial charge in [0.1, 0.15) is 17.1 Å². The van der Waals surface area contributed by atoms with Crippen molar-refractivity contribution in [1.29, 1.82) is 0 Å². The van der Waals surface area contributed by atoms with Gasteiger partial charge in [-0.05, 0) is 48.7 Å². The number of carboxylic acids is 1. The molecule has 2 aliphatic heterocycles. The van der Waals surface area contributed by atoms with E-state index in [1.807, 2.05) is 17.2 Å². The molecule has 7 rings (SSSR count). The molecule has 10 heteroatoms. The fourth-order valence-electron chi connectivity index (χ4n) is 6.21. The van der Waals surface area contributed by atoms with Crippen molar-refractivity contribution < 1.29 is 29.0 Å². The third-order valence-corrected chi connectivity index (χ3v) is 8.91. The van der Waals surface area contributed by atoms with Gasteiger partial charge in [0.15, 0.2) is 5.78 Å². The van der Waals surface area contributed by atoms with Gasteiger partial charge in [-0.2, -0.15) is 0 Å². The Labute approximate surface area is 246 Å². The van der Waals surface area contributed by atoms with Crippen molar-refractivity contribution in [3.05, 3.63) is 76.7 Å². The topological polar surface area (TPSA) is 111 Å². The van der Waals surface area contributed by atoms with Crippen LogP contribution in [-0.2, 0) is 0 Å². The smallest absolute Gasteiger partial charge is 0.337 e. The zero-order valence-corrected chi connectivity index (χ0v) is 23.7. The number of carboxylic acid groups (broad SMARTS) is 1. The van der Waals surface area contributed by atoms with E-state index in [0.717, 1.165) is 23.7 Å². The van der Waals surface area contributed by atoms with Crippen molar-refractivity contribution in [3.63, 3.8) is 0 Å². The summed E-state index contributed by atoms with van der Waals surface area (Å²) >= 11 is 6.54. The molecule has 0 radical (unpaired) electrons. The molecule has 42 heavy (non-hydrogen) atoms. The summed E-state index contributed by atoms with van der Waals surface area (Å²) in [7, 11) is 1.58. The van der Waals surface area contributed by atoms with Crippen LogP contribution >= 0.6 is 11.6 Å². The second-order valence-electron chi connectivity index (χ2n) is 11.3. The number of fused-ring (bicyclic) bond motifs is 2. The normalized spacial score (nSPS) is 17.7. The summed E-state index contributed by atoms with van der Waals surface area (Å²) in [5.41, 5.74) is 2.62. The van der Waals surface area contributed by atoms with Crippen LogP contribution in [0, 0.1) is 0 Å². The van der Waals surface area contributed by atoms with Crippen molar-refractivity contribution >= 4 is 40.2 Å². The van der Waals surface area contributed by atoms with Crippen LogP contribution in [0.1, 0.15) is 69.2 Å². The zero-order chi connectivity index (χ0) is 29.2. The Bertz CT molecular complexity index is 1780. The number of likely N-dealkylation sites (tertiary alicyclic amines) is 1. The number of nitrogens with zero attached hydrogens (tertiary/aromatic N) is 3. The number of carbonyl (C=O) groups is 3. The molecule has 4 heterocycles. The van der Waals surface area contributed by atoms with Gasteiger partial charge in [-0.25, -0.2) is 4.79 Å². The van der Waals surface area contributed by atoms with Crippen molar-refractivity contribution in [3.8, 4) is 22.6 Å². The first kappa shape index (κ1) is 26.5. The molecule has 1 saturated heterocycles. The highest BCUT2D eigenvalue weighted by molar-refractivity contribution is 6.36. The van der Waals surface area contributed by atoms with Gasteiger partial charge in [-0.1, -0.05) is 17.7 Å². The maximum Gasteiger partial charge on any atom is 0.337 e. The standard InChI is InChI=1S/C32H28ClN3O6/c1-41-28-13-19(12-25-29(28)24(33)17-36(25)22-3-4-22)30(38)35-8-6-32(7-9-35)14-26(37)23-11-18(2-5-27(23)42-32)20-10-21(31(39)40)16-34-15-20/h2,5,10-13,15-17,22H,3-4,6-9,14H2,1H3,(H,39,40). The van der Waals surface area contributed by atoms with Crippen molar-refractivity contribution in [1.82, 2.24) is 14.5 Å². The number of hydrogen-bond acceptors (Lipinski definition) is 6. The number of ether oxygens (including phenoxy) is 2. The van der Waals surface area contributed by atoms with Gasteiger partial charge in [0.2, 0.25) is 0 Å². The third-order valence-electron chi connectivity index (χ3n) is 8.63. The van der Waals surface area contributed by atoms with Crippen LogP contribution in [0.3, 0.4) is 0 Å². The molecule has 214 valence electrons. The minimum Gasteiger partial charge on any atom is -0.496 e. The molecule has 0 atom stereocenters. The lowest BCUT2D eigenvalue weighted by Gasteiger charge is -2.44. The number of carbonyl (C=O) groups excluding carboxylic acids is 2. The van der Waals surface area contributed by atoms with E-state index in [4.69, 9.17) is 21.1 Å². The molecule has 1 amide bonds. The number of pyridine rings is 1. The molecule has 0 bridgehead atoms. The van der Waals surface area contributed by atoms with E-state index < -0.39 is 11.6 Å². The zero-order valence-electron chi connectivity index (χ0n) is 22.9. The van der Waals surface area contributed by atoms with Crippen LogP contribution in [-0.4, -0.2) is 63.0 Å². The van der Waals surface area contributed by atoms with Crippen LogP contribution in [0.15, 0.2) is 55.0 Å². The molecule has 2 fully saturated rings. The summed E-state index contributed by atoms with van der Waals surface area (Å²) in [6.07, 6.45) is 8.23. The van der Waals surface area contributed by atoms with Gasteiger partial charge in [0.25, 0.3) is 5.91 Å². The van der Waals surface area contributed by atoms with Crippen molar-refractivity contribution in [2.24, 2.45) is 0 Å². The number of piperidine rings is 1. The number of Topliss-reactive ketones (excluding diaryl/α,β-unsaturated/α-hetero) is 1. The SMILES string of the molecule is COc1cc(C(=O)N2CCC3(CC2)CC(=O)c2cc(-c4cncc(C(=O)O)c4)ccc2O3)cc2c1c(Cl)cn2C1CC1. The third kappa shape index (κ3) is 4.48. The Hall–Kier alpha value is -4.37. The highest BCUT2D eigenvalue weighted by atomic mass is 35.5. The average molecular weight is 586 g/mol. The Morgan fingerprint density at radius 2 is 1.86 bits per heavy atom. The Morgan fingerprint density at radius 1 is 1.07 bits per heavy atom. The first-order valence-electron chi connectivity index (χ1n) is 14.0. The molecule has 0 unspecified atom stereocenters. The molecule has 1 N–H and O–H groups in total. The van der Waals surface area contributed by atoms with Crippen LogP contribution < -0.4 is 9.47 Å². The van der Waals surface area contributed by atoms with Crippen LogP contribution in [0.4, 0.5) is 0 Å². The maximum absolute atomic E-state index is 13.7. The van der Waals surface area contributed by atoms with Gasteiger partial charge >= 0.3 is 5.97 Å². The molecule has 2 aromatic carbocycles. The maximum atomic E-state index is 13.7. The number of amides is 1. The van der Waals surface area contributed by atoms with E-state index in [1.54, 1.807) is 37.6 Å². The Morgan fingerprint density at radius 3 is 2.57 bits per heavy atom. The lowest BCUT2D eigenvalue weighted by atomic mass is 9.82. The van der Waals surface area contributed by atoms with Gasteiger partial charge in [0, 0.05) is 61.7 Å². The van der Waals surface area contributed by atoms with Crippen LogP contribution in [0.2, 0.25) is 5.02 Å². The monoisotopic (exact) mass is 585 g/mol. The number of halogens is 1. The quantitative estimate of drug-likeness (QED) is 0.304. The number of methoxy groups -OCH3 is 1. The first-order chi connectivity index (χ1) is 20.2. The molecular formula is C32H28ClN3O6. The minimum absolute atomic E-state index is 0.0341. The van der Waals surface area contributed by atoms with Crippen molar-refractivity contribution in [2.45, 2.75) is 43.7 Å². The second kappa shape index (κ2) is 9.87. The number of aromatic nitrogens is 2. The predicted molar refractivity (Wildman–Crippen MR) is 156 cm³/mol. The first-order valence-corrected chi connectivity index (χ1v) is 14.4. The van der Waals surface area contributed by atoms with Gasteiger partial charge in [0.05, 0.1) is 40.6 Å². The van der Waals surface area contributed by atoms with Crippen LogP contribution in [0.5, 0.6) is 11.5 Å². The summed E-state index contributed by atoms with van der Waals surface area (Å²) in [6, 6.07) is 10.9. The molecule has 1 spiro atoms. The number of hydrogen-bond donors (Lipinski definition) is 1. The summed E-state index contributed by atoms with van der Waals surface area (Å²) in [5.74, 6) is -0.103. The molecule has 4 aromatic rings. The van der Waals surface area contributed by atoms with Gasteiger partial charge < -0.3 is 24.0 Å². The lowest BCUT2D eigenvalue weighted by Crippen LogP contribution is -2.52. The molecule has 1 aliphatic carbocycles. The largest absolute Gasteiger partial charge is 0.496 e. The fourth-order valence-corrected chi connectivity index (χ4v) is 6.50. The number of ketones is 1.